The molecule has 154 valence electrons. The van der Waals surface area contributed by atoms with Crippen molar-refractivity contribution >= 4 is 49.1 Å². The number of nitrogens with zero attached hydrogens (tertiary/aromatic N) is 2. The minimum Gasteiger partial charge on any atom is -0.332 e. The minimum atomic E-state index is -3.32. The Labute approximate surface area is 178 Å². The molecule has 2 aromatic rings. The average molecular weight is 480 g/mol. The van der Waals surface area contributed by atoms with E-state index in [4.69, 9.17) is 0 Å². The van der Waals surface area contributed by atoms with E-state index >= 15 is 0 Å². The fourth-order valence-corrected chi connectivity index (χ4v) is 5.22. The number of sulfonamides is 1. The highest BCUT2D eigenvalue weighted by molar-refractivity contribution is 9.10. The SMILES string of the molecule is Cc1cc(Br)ccc1NC(=O)CN(C)C(=O)c1cccc(N2CCCS2(=O)=O)c1. The predicted molar refractivity (Wildman–Crippen MR) is 117 cm³/mol. The van der Waals surface area contributed by atoms with Gasteiger partial charge in [0.2, 0.25) is 15.9 Å². The molecule has 1 aliphatic rings. The Balaban J connectivity index is 1.68. The lowest BCUT2D eigenvalue weighted by Gasteiger charge is -2.20. The van der Waals surface area contributed by atoms with Crippen LogP contribution < -0.4 is 9.62 Å². The third kappa shape index (κ3) is 4.97. The van der Waals surface area contributed by atoms with E-state index in [0.717, 1.165) is 10.0 Å². The molecule has 1 aliphatic heterocycles. The van der Waals surface area contributed by atoms with Crippen LogP contribution in [-0.4, -0.2) is 51.0 Å². The molecule has 0 bridgehead atoms. The van der Waals surface area contributed by atoms with Crippen molar-refractivity contribution in [3.63, 3.8) is 0 Å². The van der Waals surface area contributed by atoms with Gasteiger partial charge >= 0.3 is 0 Å². The predicted octanol–water partition coefficient (Wildman–Crippen LogP) is 3.01. The van der Waals surface area contributed by atoms with Crippen LogP contribution in [0.3, 0.4) is 0 Å². The monoisotopic (exact) mass is 479 g/mol. The van der Waals surface area contributed by atoms with E-state index < -0.39 is 10.0 Å². The number of benzene rings is 2. The standard InChI is InChI=1S/C20H22BrN3O4S/c1-14-11-16(21)7-8-18(14)22-19(25)13-23(2)20(26)15-5-3-6-17(12-15)24-9-4-10-29(24,27)28/h3,5-8,11-12H,4,9-10,13H2,1-2H3,(H,22,25). The molecule has 7 nitrogen and oxygen atoms in total. The molecule has 0 unspecified atom stereocenters. The Morgan fingerprint density at radius 3 is 2.62 bits per heavy atom. The Morgan fingerprint density at radius 1 is 1.21 bits per heavy atom. The summed E-state index contributed by atoms with van der Waals surface area (Å²) in [5.74, 6) is -0.559. The Morgan fingerprint density at radius 2 is 1.97 bits per heavy atom. The summed E-state index contributed by atoms with van der Waals surface area (Å²) < 4.78 is 26.5. The molecule has 2 amide bonds. The first-order chi connectivity index (χ1) is 13.7. The van der Waals surface area contributed by atoms with Gasteiger partial charge in [0.15, 0.2) is 0 Å². The van der Waals surface area contributed by atoms with Crippen LogP contribution >= 0.6 is 15.9 Å². The van der Waals surface area contributed by atoms with Crippen molar-refractivity contribution < 1.29 is 18.0 Å². The number of hydrogen-bond acceptors (Lipinski definition) is 4. The number of aryl methyl sites for hydroxylation is 1. The summed E-state index contributed by atoms with van der Waals surface area (Å²) in [4.78, 5) is 26.4. The first-order valence-electron chi connectivity index (χ1n) is 9.09. The van der Waals surface area contributed by atoms with E-state index in [1.165, 1.54) is 16.3 Å². The van der Waals surface area contributed by atoms with E-state index in [1.54, 1.807) is 30.3 Å². The molecule has 2 aromatic carbocycles. The lowest BCUT2D eigenvalue weighted by Crippen LogP contribution is -2.35. The second kappa shape index (κ2) is 8.54. The number of likely N-dealkylation sites (N-methyl/N-ethyl adjacent to an activating group) is 1. The summed E-state index contributed by atoms with van der Waals surface area (Å²) >= 11 is 3.38. The first-order valence-corrected chi connectivity index (χ1v) is 11.5. The van der Waals surface area contributed by atoms with Crippen molar-refractivity contribution in [1.29, 1.82) is 0 Å². The normalized spacial score (nSPS) is 15.2. The number of halogens is 1. The molecule has 9 heteroatoms. The zero-order chi connectivity index (χ0) is 21.2. The van der Waals surface area contributed by atoms with Gasteiger partial charge < -0.3 is 10.2 Å². The Kier molecular flexibility index (Phi) is 6.28. The van der Waals surface area contributed by atoms with Crippen molar-refractivity contribution in [2.75, 3.05) is 35.5 Å². The van der Waals surface area contributed by atoms with Crippen LogP contribution in [-0.2, 0) is 14.8 Å². The molecular weight excluding hydrogens is 458 g/mol. The van der Waals surface area contributed by atoms with Gasteiger partial charge in [0.25, 0.3) is 5.91 Å². The van der Waals surface area contributed by atoms with Gasteiger partial charge in [-0.3, -0.25) is 13.9 Å². The van der Waals surface area contributed by atoms with Crippen molar-refractivity contribution in [2.45, 2.75) is 13.3 Å². The summed E-state index contributed by atoms with van der Waals surface area (Å²) in [6.45, 7) is 2.17. The quantitative estimate of drug-likeness (QED) is 0.713. The zero-order valence-electron chi connectivity index (χ0n) is 16.2. The highest BCUT2D eigenvalue weighted by atomic mass is 79.9. The van der Waals surface area contributed by atoms with Crippen LogP contribution in [0.1, 0.15) is 22.3 Å². The van der Waals surface area contributed by atoms with E-state index in [0.29, 0.717) is 29.9 Å². The summed E-state index contributed by atoms with van der Waals surface area (Å²) in [5, 5.41) is 2.80. The van der Waals surface area contributed by atoms with Gasteiger partial charge in [0, 0.05) is 29.3 Å². The van der Waals surface area contributed by atoms with Crippen molar-refractivity contribution in [1.82, 2.24) is 4.90 Å². The molecule has 1 N–H and O–H groups in total. The topological polar surface area (TPSA) is 86.8 Å². The molecule has 0 spiro atoms. The van der Waals surface area contributed by atoms with Crippen LogP contribution in [0, 0.1) is 6.92 Å². The minimum absolute atomic E-state index is 0.112. The highest BCUT2D eigenvalue weighted by Crippen LogP contribution is 2.25. The molecule has 0 atom stereocenters. The lowest BCUT2D eigenvalue weighted by atomic mass is 10.1. The van der Waals surface area contributed by atoms with Crippen LogP contribution in [0.5, 0.6) is 0 Å². The second-order valence-corrected chi connectivity index (χ2v) is 9.89. The summed E-state index contributed by atoms with van der Waals surface area (Å²) in [7, 11) is -1.79. The smallest absolute Gasteiger partial charge is 0.254 e. The second-order valence-electron chi connectivity index (χ2n) is 6.96. The van der Waals surface area contributed by atoms with Gasteiger partial charge in [0.1, 0.15) is 0 Å². The molecule has 1 heterocycles. The third-order valence-corrected chi connectivity index (χ3v) is 7.03. The molecule has 1 fully saturated rings. The third-order valence-electron chi connectivity index (χ3n) is 4.67. The van der Waals surface area contributed by atoms with Crippen molar-refractivity contribution in [2.24, 2.45) is 0 Å². The Bertz CT molecular complexity index is 1060. The van der Waals surface area contributed by atoms with Crippen LogP contribution in [0.25, 0.3) is 0 Å². The van der Waals surface area contributed by atoms with Crippen LogP contribution in [0.2, 0.25) is 0 Å². The van der Waals surface area contributed by atoms with E-state index in [2.05, 4.69) is 21.2 Å². The van der Waals surface area contributed by atoms with Crippen LogP contribution in [0.15, 0.2) is 46.9 Å². The number of rotatable bonds is 5. The maximum atomic E-state index is 12.7. The van der Waals surface area contributed by atoms with Gasteiger partial charge in [-0.1, -0.05) is 22.0 Å². The van der Waals surface area contributed by atoms with Gasteiger partial charge in [-0.25, -0.2) is 8.42 Å². The van der Waals surface area contributed by atoms with E-state index in [1.807, 2.05) is 19.1 Å². The molecule has 0 radical (unpaired) electrons. The number of nitrogens with one attached hydrogen (secondary N) is 1. The molecule has 0 aromatic heterocycles. The number of carbonyl (C=O) groups is 2. The fraction of sp³-hybridized carbons (Fsp3) is 0.300. The zero-order valence-corrected chi connectivity index (χ0v) is 18.6. The number of amides is 2. The summed E-state index contributed by atoms with van der Waals surface area (Å²) in [6, 6.07) is 12.0. The number of anilines is 2. The first kappa shape index (κ1) is 21.3. The number of carbonyl (C=O) groups excluding carboxylic acids is 2. The molecule has 0 aliphatic carbocycles. The molecule has 29 heavy (non-hydrogen) atoms. The highest BCUT2D eigenvalue weighted by Gasteiger charge is 2.29. The fourth-order valence-electron chi connectivity index (χ4n) is 3.19. The molecule has 1 saturated heterocycles. The lowest BCUT2D eigenvalue weighted by molar-refractivity contribution is -0.116. The maximum absolute atomic E-state index is 12.7. The largest absolute Gasteiger partial charge is 0.332 e. The molecule has 3 rings (SSSR count). The summed E-state index contributed by atoms with van der Waals surface area (Å²) in [6.07, 6.45) is 0.566. The van der Waals surface area contributed by atoms with Crippen molar-refractivity contribution in [3.05, 3.63) is 58.1 Å². The van der Waals surface area contributed by atoms with Gasteiger partial charge in [0.05, 0.1) is 18.0 Å². The number of hydrogen-bond donors (Lipinski definition) is 1. The van der Waals surface area contributed by atoms with E-state index in [-0.39, 0.29) is 24.1 Å². The van der Waals surface area contributed by atoms with Gasteiger partial charge in [-0.05, 0) is 55.3 Å². The maximum Gasteiger partial charge on any atom is 0.254 e. The summed E-state index contributed by atoms with van der Waals surface area (Å²) in [5.41, 5.74) is 2.39. The average Bonchev–Trinajstić information content (AvgIpc) is 3.02. The van der Waals surface area contributed by atoms with Crippen LogP contribution in [0.4, 0.5) is 11.4 Å². The van der Waals surface area contributed by atoms with Crippen molar-refractivity contribution in [3.8, 4) is 0 Å². The van der Waals surface area contributed by atoms with E-state index in [9.17, 15) is 18.0 Å². The van der Waals surface area contributed by atoms with Gasteiger partial charge in [-0.15, -0.1) is 0 Å². The molecular formula is C20H22BrN3O4S. The van der Waals surface area contributed by atoms with Gasteiger partial charge in [-0.2, -0.15) is 0 Å². The Hall–Kier alpha value is -2.39. The molecule has 0 saturated carbocycles.